The van der Waals surface area contributed by atoms with Gasteiger partial charge in [-0.2, -0.15) is 4.31 Å². The lowest BCUT2D eigenvalue weighted by atomic mass is 9.97. The average Bonchev–Trinajstić information content (AvgIpc) is 2.84. The lowest BCUT2D eigenvalue weighted by Gasteiger charge is -2.37. The Hall–Kier alpha value is -3.23. The monoisotopic (exact) mass is 507 g/mol. The third-order valence-corrected chi connectivity index (χ3v) is 7.98. The first-order valence-electron chi connectivity index (χ1n) is 12.2. The van der Waals surface area contributed by atoms with Crippen LogP contribution in [0.2, 0.25) is 0 Å². The zero-order chi connectivity index (χ0) is 25.9. The van der Waals surface area contributed by atoms with Crippen molar-refractivity contribution in [3.8, 4) is 0 Å². The van der Waals surface area contributed by atoms with E-state index >= 15 is 0 Å². The van der Waals surface area contributed by atoms with Crippen LogP contribution in [0.25, 0.3) is 0 Å². The summed E-state index contributed by atoms with van der Waals surface area (Å²) in [5, 5.41) is 0. The number of carbonyl (C=O) groups excluding carboxylic acids is 1. The van der Waals surface area contributed by atoms with Gasteiger partial charge in [-0.1, -0.05) is 48.4 Å². The van der Waals surface area contributed by atoms with Gasteiger partial charge in [-0.25, -0.2) is 23.1 Å². The van der Waals surface area contributed by atoms with Gasteiger partial charge in [-0.15, -0.1) is 0 Å². The van der Waals surface area contributed by atoms with Crippen LogP contribution in [0.15, 0.2) is 77.8 Å². The van der Waals surface area contributed by atoms with Gasteiger partial charge in [0.2, 0.25) is 10.0 Å². The third-order valence-electron chi connectivity index (χ3n) is 6.06. The lowest BCUT2D eigenvalue weighted by molar-refractivity contribution is 0.0597. The maximum atomic E-state index is 13.8. The highest BCUT2D eigenvalue weighted by Crippen LogP contribution is 2.40. The second-order valence-electron chi connectivity index (χ2n) is 10.0. The molecule has 2 heterocycles. The van der Waals surface area contributed by atoms with E-state index in [1.165, 1.54) is 4.90 Å². The maximum Gasteiger partial charge on any atom is 0.420 e. The van der Waals surface area contributed by atoms with Crippen LogP contribution in [-0.2, 0) is 14.8 Å². The quantitative estimate of drug-likeness (QED) is 0.400. The van der Waals surface area contributed by atoms with Gasteiger partial charge < -0.3 is 4.74 Å². The van der Waals surface area contributed by atoms with E-state index in [0.717, 1.165) is 18.4 Å². The Morgan fingerprint density at radius 2 is 1.69 bits per heavy atom. The molecule has 0 radical (unpaired) electrons. The van der Waals surface area contributed by atoms with E-state index in [4.69, 9.17) is 4.74 Å². The van der Waals surface area contributed by atoms with Gasteiger partial charge in [0.25, 0.3) is 0 Å². The summed E-state index contributed by atoms with van der Waals surface area (Å²) in [7, 11) is -3.76. The fraction of sp³-hybridized carbons (Fsp3) is 0.357. The van der Waals surface area contributed by atoms with Crippen LogP contribution in [0.1, 0.15) is 57.2 Å². The molecule has 8 heteroatoms. The number of ether oxygens (including phenoxy) is 1. The second-order valence-corrected chi connectivity index (χ2v) is 11.9. The summed E-state index contributed by atoms with van der Waals surface area (Å²) < 4.78 is 34.8. The van der Waals surface area contributed by atoms with Crippen molar-refractivity contribution < 1.29 is 17.9 Å². The first-order chi connectivity index (χ1) is 17.1. The number of para-hydroxylation sites is 1. The largest absolute Gasteiger partial charge is 0.443 e. The highest BCUT2D eigenvalue weighted by atomic mass is 32.2. The molecule has 36 heavy (non-hydrogen) atoms. The van der Waals surface area contributed by atoms with E-state index in [0.29, 0.717) is 30.0 Å². The molecule has 1 aliphatic heterocycles. The minimum absolute atomic E-state index is 0.262. The molecule has 1 aromatic heterocycles. The van der Waals surface area contributed by atoms with Gasteiger partial charge in [-0.05, 0) is 70.9 Å². The van der Waals surface area contributed by atoms with Gasteiger partial charge in [0.1, 0.15) is 11.4 Å². The normalized spacial score (nSPS) is 16.9. The number of piperidine rings is 1. The van der Waals surface area contributed by atoms with E-state index in [-0.39, 0.29) is 4.90 Å². The summed E-state index contributed by atoms with van der Waals surface area (Å²) in [5.41, 5.74) is 1.54. The molecule has 7 nitrogen and oxygen atoms in total. The number of nitrogens with zero attached hydrogens (tertiary/aromatic N) is 3. The van der Waals surface area contributed by atoms with Crippen LogP contribution in [0.3, 0.4) is 0 Å². The molecular weight excluding hydrogens is 474 g/mol. The Balaban J connectivity index is 1.81. The number of hydrogen-bond donors (Lipinski definition) is 0. The molecule has 0 saturated carbocycles. The fourth-order valence-corrected chi connectivity index (χ4v) is 6.08. The van der Waals surface area contributed by atoms with Crippen molar-refractivity contribution in [2.75, 3.05) is 11.4 Å². The molecule has 1 unspecified atom stereocenters. The number of rotatable bonds is 5. The van der Waals surface area contributed by atoms with Crippen molar-refractivity contribution >= 4 is 27.6 Å². The number of pyridine rings is 1. The predicted octanol–water partition coefficient (Wildman–Crippen LogP) is 6.38. The van der Waals surface area contributed by atoms with Crippen LogP contribution in [0.5, 0.6) is 0 Å². The van der Waals surface area contributed by atoms with E-state index in [1.807, 2.05) is 64.1 Å². The molecule has 1 amide bonds. The summed E-state index contributed by atoms with van der Waals surface area (Å²) in [6.07, 6.45) is 3.31. The van der Waals surface area contributed by atoms with Crippen molar-refractivity contribution in [2.45, 2.75) is 63.5 Å². The summed E-state index contributed by atoms with van der Waals surface area (Å²) in [4.78, 5) is 19.7. The van der Waals surface area contributed by atoms with Crippen molar-refractivity contribution in [3.63, 3.8) is 0 Å². The molecule has 3 aromatic rings. The van der Waals surface area contributed by atoms with Gasteiger partial charge in [-0.3, -0.25) is 0 Å². The summed E-state index contributed by atoms with van der Waals surface area (Å²) in [5.74, 6) is 0.369. The van der Waals surface area contributed by atoms with Crippen LogP contribution in [0, 0.1) is 6.92 Å². The van der Waals surface area contributed by atoms with Crippen molar-refractivity contribution in [3.05, 3.63) is 84.1 Å². The molecule has 0 aliphatic carbocycles. The predicted molar refractivity (Wildman–Crippen MR) is 141 cm³/mol. The topological polar surface area (TPSA) is 79.8 Å². The van der Waals surface area contributed by atoms with Gasteiger partial charge >= 0.3 is 6.09 Å². The minimum Gasteiger partial charge on any atom is -0.443 e. The smallest absolute Gasteiger partial charge is 0.420 e. The molecule has 0 bridgehead atoms. The summed E-state index contributed by atoms with van der Waals surface area (Å²) in [6, 6.07) is 19.2. The number of aromatic nitrogens is 1. The molecular formula is C28H33N3O4S. The average molecular weight is 508 g/mol. The number of sulfonamides is 1. The number of carbonyl (C=O) groups is 1. The molecule has 1 atom stereocenters. The molecule has 4 rings (SSSR count). The molecule has 1 aliphatic rings. The molecule has 0 spiro atoms. The standard InChI is InChI=1S/C28H33N3O4S/c1-21-15-17-23(18-16-21)36(33,34)30-20-9-8-14-25(30)24-13-10-19-29-26(24)31(22-11-6-5-7-12-22)27(32)35-28(2,3)4/h5-7,10-13,15-19,25H,8-9,14,20H2,1-4H3. The number of benzene rings is 2. The number of hydrogen-bond acceptors (Lipinski definition) is 5. The minimum atomic E-state index is -3.76. The van der Waals surface area contributed by atoms with E-state index in [9.17, 15) is 13.2 Å². The summed E-state index contributed by atoms with van der Waals surface area (Å²) >= 11 is 0. The van der Waals surface area contributed by atoms with Crippen LogP contribution >= 0.6 is 0 Å². The first-order valence-corrected chi connectivity index (χ1v) is 13.6. The Morgan fingerprint density at radius 1 is 1.00 bits per heavy atom. The first kappa shape index (κ1) is 25.9. The Labute approximate surface area is 213 Å². The maximum absolute atomic E-state index is 13.8. The molecule has 0 N–H and O–H groups in total. The highest BCUT2D eigenvalue weighted by Gasteiger charge is 2.38. The summed E-state index contributed by atoms with van der Waals surface area (Å²) in [6.45, 7) is 7.75. The third kappa shape index (κ3) is 5.60. The fourth-order valence-electron chi connectivity index (χ4n) is 4.40. The van der Waals surface area contributed by atoms with Crippen LogP contribution in [-0.4, -0.2) is 35.9 Å². The van der Waals surface area contributed by atoms with Crippen LogP contribution in [0.4, 0.5) is 16.3 Å². The van der Waals surface area contributed by atoms with Gasteiger partial charge in [0, 0.05) is 18.3 Å². The molecule has 190 valence electrons. The van der Waals surface area contributed by atoms with Gasteiger partial charge in [0.05, 0.1) is 16.6 Å². The van der Waals surface area contributed by atoms with Crippen molar-refractivity contribution in [1.29, 1.82) is 0 Å². The number of amides is 1. The second kappa shape index (κ2) is 10.4. The lowest BCUT2D eigenvalue weighted by Crippen LogP contribution is -2.40. The number of aryl methyl sites for hydroxylation is 1. The molecule has 2 aromatic carbocycles. The highest BCUT2D eigenvalue weighted by molar-refractivity contribution is 7.89. The molecule has 1 fully saturated rings. The Morgan fingerprint density at radius 3 is 2.36 bits per heavy atom. The Bertz CT molecular complexity index is 1300. The van der Waals surface area contributed by atoms with Gasteiger partial charge in [0.15, 0.2) is 0 Å². The van der Waals surface area contributed by atoms with E-state index in [1.54, 1.807) is 40.8 Å². The van der Waals surface area contributed by atoms with Crippen molar-refractivity contribution in [2.24, 2.45) is 0 Å². The zero-order valence-electron chi connectivity index (χ0n) is 21.2. The zero-order valence-corrected chi connectivity index (χ0v) is 22.0. The van der Waals surface area contributed by atoms with E-state index < -0.39 is 27.8 Å². The van der Waals surface area contributed by atoms with E-state index in [2.05, 4.69) is 4.98 Å². The Kier molecular flexibility index (Phi) is 7.47. The molecule has 1 saturated heterocycles. The SMILES string of the molecule is Cc1ccc(S(=O)(=O)N2CCCCC2c2cccnc2N(C(=O)OC(C)(C)C)c2ccccc2)cc1. The van der Waals surface area contributed by atoms with Crippen molar-refractivity contribution in [1.82, 2.24) is 9.29 Å². The van der Waals surface area contributed by atoms with Crippen LogP contribution < -0.4 is 4.90 Å². The number of anilines is 2.